The van der Waals surface area contributed by atoms with Crippen molar-refractivity contribution >= 4 is 40.6 Å². The van der Waals surface area contributed by atoms with E-state index in [4.69, 9.17) is 30.4 Å². The number of rotatable bonds is 10. The van der Waals surface area contributed by atoms with Gasteiger partial charge in [0.25, 0.3) is 5.91 Å². The normalized spacial score (nSPS) is 21.6. The van der Waals surface area contributed by atoms with Crippen LogP contribution in [0, 0.1) is 0 Å². The third kappa shape index (κ3) is 6.92. The minimum absolute atomic E-state index is 0.0396. The summed E-state index contributed by atoms with van der Waals surface area (Å²) in [6.07, 6.45) is -1.48. The van der Waals surface area contributed by atoms with Crippen LogP contribution in [0.4, 0.5) is 33.5 Å². The maximum absolute atomic E-state index is 12.6. The Kier molecular flexibility index (Phi) is 9.07. The van der Waals surface area contributed by atoms with Gasteiger partial charge in [0.05, 0.1) is 5.56 Å². The number of para-hydroxylation sites is 1. The van der Waals surface area contributed by atoms with Gasteiger partial charge in [0, 0.05) is 17.8 Å². The van der Waals surface area contributed by atoms with Gasteiger partial charge in [0.15, 0.2) is 24.2 Å². The summed E-state index contributed by atoms with van der Waals surface area (Å²) in [4.78, 5) is 33.2. The zero-order chi connectivity index (χ0) is 32.0. The molecular formula is C31H32N8O7. The molecule has 6 rings (SSSR count). The molecule has 15 nitrogen and oxygen atoms in total. The lowest BCUT2D eigenvalue weighted by molar-refractivity contribution is -0.128. The zero-order valence-corrected chi connectivity index (χ0v) is 24.3. The summed E-state index contributed by atoms with van der Waals surface area (Å²) in [5.74, 6) is -0.312. The van der Waals surface area contributed by atoms with E-state index in [9.17, 15) is 14.8 Å². The van der Waals surface area contributed by atoms with E-state index in [1.54, 1.807) is 35.8 Å². The lowest BCUT2D eigenvalue weighted by Crippen LogP contribution is -2.35. The van der Waals surface area contributed by atoms with Gasteiger partial charge in [0.1, 0.15) is 42.7 Å². The van der Waals surface area contributed by atoms with E-state index in [0.29, 0.717) is 17.8 Å². The smallest absolute Gasteiger partial charge is 0.324 e. The maximum Gasteiger partial charge on any atom is 0.324 e. The summed E-state index contributed by atoms with van der Waals surface area (Å²) in [5, 5.41) is 17.7. The number of urea groups is 1. The van der Waals surface area contributed by atoms with E-state index in [1.807, 2.05) is 36.4 Å². The number of ether oxygens (including phenoxy) is 4. The number of carbonyl (C=O) groups is 2. The molecule has 2 fully saturated rings. The standard InChI is InChI=1S/C31H32N8O7/c32-18-11-12-21(20(14-18)29(40)39-42)43-15-22-25-26(46-23(45-25)13-17-7-3-1-4-8-17)30(44-22)37-27-24(33)28(35-16-34-27)38-31(41)36-19-9-5-2-6-10-19/h1-12,14,16,22-23,25-26,30,42H,13,15,32-33H2,(H,39,40)(H3,34,35,36,37,38,41). The number of benzene rings is 3. The molecule has 15 heteroatoms. The van der Waals surface area contributed by atoms with Crippen LogP contribution in [0.1, 0.15) is 15.9 Å². The number of aromatic nitrogens is 2. The minimum atomic E-state index is -0.797. The van der Waals surface area contributed by atoms with Gasteiger partial charge in [-0.05, 0) is 35.9 Å². The predicted octanol–water partition coefficient (Wildman–Crippen LogP) is 2.97. The highest BCUT2D eigenvalue weighted by atomic mass is 16.8. The molecule has 238 valence electrons. The summed E-state index contributed by atoms with van der Waals surface area (Å²) in [7, 11) is 0. The molecule has 2 saturated heterocycles. The monoisotopic (exact) mass is 628 g/mol. The van der Waals surface area contributed by atoms with Crippen LogP contribution in [0.2, 0.25) is 0 Å². The number of hydrogen-bond donors (Lipinski definition) is 7. The summed E-state index contributed by atoms with van der Waals surface area (Å²) in [6, 6.07) is 22.6. The largest absolute Gasteiger partial charge is 0.490 e. The van der Waals surface area contributed by atoms with Crippen LogP contribution < -0.4 is 37.6 Å². The van der Waals surface area contributed by atoms with E-state index in [1.165, 1.54) is 18.5 Å². The second kappa shape index (κ2) is 13.7. The van der Waals surface area contributed by atoms with Crippen LogP contribution in [0.3, 0.4) is 0 Å². The molecule has 5 unspecified atom stereocenters. The van der Waals surface area contributed by atoms with E-state index in [2.05, 4.69) is 25.9 Å². The Balaban J connectivity index is 1.18. The molecule has 0 saturated carbocycles. The topological polar surface area (TPSA) is 217 Å². The van der Waals surface area contributed by atoms with Gasteiger partial charge < -0.3 is 41.0 Å². The number of anilines is 5. The predicted molar refractivity (Wildman–Crippen MR) is 167 cm³/mol. The molecule has 5 atom stereocenters. The molecule has 3 amide bonds. The van der Waals surface area contributed by atoms with Gasteiger partial charge >= 0.3 is 6.03 Å². The molecule has 9 N–H and O–H groups in total. The minimum Gasteiger partial charge on any atom is -0.490 e. The van der Waals surface area contributed by atoms with Crippen LogP contribution >= 0.6 is 0 Å². The molecule has 2 aliphatic rings. The second-order valence-corrected chi connectivity index (χ2v) is 10.5. The summed E-state index contributed by atoms with van der Waals surface area (Å²) in [5.41, 5.74) is 15.8. The molecule has 0 spiro atoms. The Hall–Kier alpha value is -5.48. The number of hydrogen-bond acceptors (Lipinski definition) is 12. The highest BCUT2D eigenvalue weighted by molar-refractivity contribution is 6.01. The van der Waals surface area contributed by atoms with Crippen molar-refractivity contribution in [3.05, 3.63) is 96.3 Å². The first-order valence-corrected chi connectivity index (χ1v) is 14.3. The molecule has 4 aromatic rings. The van der Waals surface area contributed by atoms with Crippen molar-refractivity contribution in [2.45, 2.75) is 37.3 Å². The SMILES string of the molecule is Nc1ccc(OCC2OC(Nc3ncnc(NC(=O)Nc4ccccc4)c3N)C3OC(Cc4ccccc4)OC23)c(C(=O)NO)c1. The van der Waals surface area contributed by atoms with Gasteiger partial charge in [-0.15, -0.1) is 0 Å². The lowest BCUT2D eigenvalue weighted by Gasteiger charge is -2.22. The zero-order valence-electron chi connectivity index (χ0n) is 24.3. The van der Waals surface area contributed by atoms with Gasteiger partial charge in [-0.3, -0.25) is 15.3 Å². The average molecular weight is 629 g/mol. The van der Waals surface area contributed by atoms with Crippen LogP contribution in [0.25, 0.3) is 0 Å². The van der Waals surface area contributed by atoms with E-state index in [-0.39, 0.29) is 35.2 Å². The number of nitrogens with two attached hydrogens (primary N) is 2. The average Bonchev–Trinajstić information content (AvgIpc) is 3.62. The van der Waals surface area contributed by atoms with Crippen molar-refractivity contribution in [1.82, 2.24) is 15.4 Å². The Morgan fingerprint density at radius 2 is 1.59 bits per heavy atom. The van der Waals surface area contributed by atoms with Crippen LogP contribution in [0.15, 0.2) is 85.2 Å². The van der Waals surface area contributed by atoms with Crippen LogP contribution in [-0.2, 0) is 20.6 Å². The van der Waals surface area contributed by atoms with E-state index >= 15 is 0 Å². The summed E-state index contributed by atoms with van der Waals surface area (Å²) in [6.45, 7) is -0.0396. The number of hydroxylamine groups is 1. The number of amides is 3. The molecule has 0 bridgehead atoms. The quantitative estimate of drug-likeness (QED) is 0.0766. The number of fused-ring (bicyclic) bond motifs is 1. The van der Waals surface area contributed by atoms with E-state index in [0.717, 1.165) is 5.56 Å². The number of nitrogens with one attached hydrogen (secondary N) is 4. The highest BCUT2D eigenvalue weighted by Crippen LogP contribution is 2.37. The molecule has 2 aliphatic heterocycles. The third-order valence-electron chi connectivity index (χ3n) is 7.35. The van der Waals surface area contributed by atoms with Crippen molar-refractivity contribution in [2.75, 3.05) is 34.0 Å². The summed E-state index contributed by atoms with van der Waals surface area (Å²) >= 11 is 0. The fraction of sp³-hybridized carbons (Fsp3) is 0.226. The number of carbonyl (C=O) groups excluding carboxylic acids is 2. The molecule has 3 heterocycles. The maximum atomic E-state index is 12.6. The molecule has 3 aromatic carbocycles. The van der Waals surface area contributed by atoms with Crippen molar-refractivity contribution in [1.29, 1.82) is 0 Å². The Labute approximate surface area is 263 Å². The van der Waals surface area contributed by atoms with Crippen LogP contribution in [0.5, 0.6) is 5.75 Å². The highest BCUT2D eigenvalue weighted by Gasteiger charge is 2.53. The van der Waals surface area contributed by atoms with Crippen molar-refractivity contribution in [2.24, 2.45) is 0 Å². The van der Waals surface area contributed by atoms with Gasteiger partial charge in [0.2, 0.25) is 0 Å². The molecule has 1 aromatic heterocycles. The van der Waals surface area contributed by atoms with E-state index < -0.39 is 42.8 Å². The first-order valence-electron chi connectivity index (χ1n) is 14.3. The molecule has 0 radical (unpaired) electrons. The number of nitrogen functional groups attached to an aromatic ring is 2. The molecule has 46 heavy (non-hydrogen) atoms. The fourth-order valence-corrected chi connectivity index (χ4v) is 5.20. The number of nitrogens with zero attached hydrogens (tertiary/aromatic N) is 2. The van der Waals surface area contributed by atoms with Crippen molar-refractivity contribution in [3.8, 4) is 5.75 Å². The summed E-state index contributed by atoms with van der Waals surface area (Å²) < 4.78 is 24.9. The molecular weight excluding hydrogens is 596 g/mol. The Morgan fingerprint density at radius 1 is 0.870 bits per heavy atom. The van der Waals surface area contributed by atoms with Crippen molar-refractivity contribution < 1.29 is 33.7 Å². The fourth-order valence-electron chi connectivity index (χ4n) is 5.20. The molecule has 0 aliphatic carbocycles. The van der Waals surface area contributed by atoms with Gasteiger partial charge in [-0.2, -0.15) is 0 Å². The lowest BCUT2D eigenvalue weighted by atomic mass is 10.1. The van der Waals surface area contributed by atoms with Gasteiger partial charge in [-0.1, -0.05) is 48.5 Å². The first kappa shape index (κ1) is 30.5. The third-order valence-corrected chi connectivity index (χ3v) is 7.35. The van der Waals surface area contributed by atoms with Crippen molar-refractivity contribution in [3.63, 3.8) is 0 Å². The Morgan fingerprint density at radius 3 is 2.35 bits per heavy atom. The van der Waals surface area contributed by atoms with Crippen LogP contribution in [-0.4, -0.2) is 64.6 Å². The van der Waals surface area contributed by atoms with Gasteiger partial charge in [-0.25, -0.2) is 20.2 Å². The first-order chi connectivity index (χ1) is 22.4. The second-order valence-electron chi connectivity index (χ2n) is 10.5. The Bertz CT molecular complexity index is 1680.